The molecule has 2 unspecified atom stereocenters. The monoisotopic (exact) mass is 488 g/mol. The second-order valence-electron chi connectivity index (χ2n) is 8.55. The van der Waals surface area contributed by atoms with Gasteiger partial charge in [-0.25, -0.2) is 9.59 Å². The maximum Gasteiger partial charge on any atom is 0.412 e. The average Bonchev–Trinajstić information content (AvgIpc) is 3.61. The van der Waals surface area contributed by atoms with Crippen LogP contribution in [0.25, 0.3) is 11.3 Å². The Morgan fingerprint density at radius 2 is 1.86 bits per heavy atom. The van der Waals surface area contributed by atoms with E-state index in [0.29, 0.717) is 17.9 Å². The summed E-state index contributed by atoms with van der Waals surface area (Å²) in [6.07, 6.45) is 1.03. The standard InChI is InChI=1S/C26H24N4O6/c1-15(17-5-3-2-4-6-17)35-26(34)29-22-21(14-27)30-36-23(22)18-9-11-19(12-10-18)24(31)28-20(25(32)33)13-16-7-8-16/h2-6,9-12,15-16,20H,7-8,13H2,1H3,(H,28,31)(H,29,34)(H,32,33). The van der Waals surface area contributed by atoms with Crippen LogP contribution in [0.2, 0.25) is 0 Å². The summed E-state index contributed by atoms with van der Waals surface area (Å²) in [6, 6.07) is 16.2. The summed E-state index contributed by atoms with van der Waals surface area (Å²) in [4.78, 5) is 36.5. The molecule has 2 atom stereocenters. The number of hydrogen-bond donors (Lipinski definition) is 3. The van der Waals surface area contributed by atoms with Gasteiger partial charge in [0.1, 0.15) is 23.9 Å². The number of aliphatic carboxylic acids is 1. The highest BCUT2D eigenvalue weighted by Crippen LogP contribution is 2.34. The lowest BCUT2D eigenvalue weighted by Crippen LogP contribution is -2.41. The fourth-order valence-corrected chi connectivity index (χ4v) is 3.69. The summed E-state index contributed by atoms with van der Waals surface area (Å²) >= 11 is 0. The van der Waals surface area contributed by atoms with Gasteiger partial charge in [-0.1, -0.05) is 60.5 Å². The summed E-state index contributed by atoms with van der Waals surface area (Å²) in [5, 5.41) is 27.6. The van der Waals surface area contributed by atoms with Crippen molar-refractivity contribution < 1.29 is 28.8 Å². The molecule has 10 heteroatoms. The number of carbonyl (C=O) groups excluding carboxylic acids is 2. The van der Waals surface area contributed by atoms with Gasteiger partial charge in [-0.15, -0.1) is 0 Å². The maximum absolute atomic E-state index is 12.6. The Bertz CT molecular complexity index is 1290. The van der Waals surface area contributed by atoms with Crippen LogP contribution in [0.4, 0.5) is 10.5 Å². The first-order valence-corrected chi connectivity index (χ1v) is 11.4. The van der Waals surface area contributed by atoms with Gasteiger partial charge in [-0.3, -0.25) is 10.1 Å². The van der Waals surface area contributed by atoms with Crippen LogP contribution in [0, 0.1) is 17.2 Å². The van der Waals surface area contributed by atoms with Gasteiger partial charge in [0.05, 0.1) is 0 Å². The predicted molar refractivity (Wildman–Crippen MR) is 128 cm³/mol. The molecule has 36 heavy (non-hydrogen) atoms. The second kappa shape index (κ2) is 10.7. The Morgan fingerprint density at radius 3 is 2.47 bits per heavy atom. The Morgan fingerprint density at radius 1 is 1.17 bits per heavy atom. The first-order valence-electron chi connectivity index (χ1n) is 11.4. The minimum absolute atomic E-state index is 0.0373. The summed E-state index contributed by atoms with van der Waals surface area (Å²) in [6.45, 7) is 1.72. The van der Waals surface area contributed by atoms with Gasteiger partial charge in [-0.05, 0) is 37.0 Å². The number of anilines is 1. The molecular formula is C26H24N4O6. The lowest BCUT2D eigenvalue weighted by Gasteiger charge is -2.14. The molecule has 1 heterocycles. The van der Waals surface area contributed by atoms with Crippen molar-refractivity contribution in [2.75, 3.05) is 5.32 Å². The molecule has 0 bridgehead atoms. The molecule has 184 valence electrons. The molecule has 10 nitrogen and oxygen atoms in total. The molecule has 1 aromatic heterocycles. The quantitative estimate of drug-likeness (QED) is 0.397. The van der Waals surface area contributed by atoms with Gasteiger partial charge in [0, 0.05) is 11.1 Å². The highest BCUT2D eigenvalue weighted by atomic mass is 16.6. The summed E-state index contributed by atoms with van der Waals surface area (Å²) < 4.78 is 10.7. The minimum atomic E-state index is -1.07. The zero-order valence-corrected chi connectivity index (χ0v) is 19.4. The van der Waals surface area contributed by atoms with Crippen LogP contribution < -0.4 is 10.6 Å². The van der Waals surface area contributed by atoms with Crippen LogP contribution in [-0.4, -0.2) is 34.3 Å². The molecule has 2 amide bonds. The third-order valence-corrected chi connectivity index (χ3v) is 5.86. The van der Waals surface area contributed by atoms with E-state index < -0.39 is 30.1 Å². The van der Waals surface area contributed by atoms with Gasteiger partial charge >= 0.3 is 12.1 Å². The smallest absolute Gasteiger partial charge is 0.412 e. The number of nitrogens with one attached hydrogen (secondary N) is 2. The first kappa shape index (κ1) is 24.5. The van der Waals surface area contributed by atoms with Crippen LogP contribution in [0.15, 0.2) is 59.1 Å². The van der Waals surface area contributed by atoms with E-state index in [9.17, 15) is 24.8 Å². The number of nitrogens with zero attached hydrogens (tertiary/aromatic N) is 2. The molecule has 2 aromatic carbocycles. The van der Waals surface area contributed by atoms with Crippen molar-refractivity contribution >= 4 is 23.7 Å². The number of rotatable bonds is 9. The number of carboxylic acid groups (broad SMARTS) is 1. The number of benzene rings is 2. The van der Waals surface area contributed by atoms with Gasteiger partial charge in [0.25, 0.3) is 5.91 Å². The normalized spacial score (nSPS) is 14.2. The fraction of sp³-hybridized carbons (Fsp3) is 0.269. The van der Waals surface area contributed by atoms with Crippen molar-refractivity contribution in [2.24, 2.45) is 5.92 Å². The topological polar surface area (TPSA) is 155 Å². The maximum atomic E-state index is 12.6. The van der Waals surface area contributed by atoms with E-state index in [2.05, 4.69) is 15.8 Å². The predicted octanol–water partition coefficient (Wildman–Crippen LogP) is 4.51. The minimum Gasteiger partial charge on any atom is -0.480 e. The van der Waals surface area contributed by atoms with Gasteiger partial charge in [0.2, 0.25) is 5.69 Å². The lowest BCUT2D eigenvalue weighted by atomic mass is 10.1. The third kappa shape index (κ3) is 5.88. The van der Waals surface area contributed by atoms with Crippen LogP contribution in [0.3, 0.4) is 0 Å². The summed E-state index contributed by atoms with van der Waals surface area (Å²) in [7, 11) is 0. The number of hydrogen-bond acceptors (Lipinski definition) is 7. The Balaban J connectivity index is 1.46. The zero-order valence-electron chi connectivity index (χ0n) is 19.4. The molecule has 1 aliphatic rings. The van der Waals surface area contributed by atoms with E-state index in [1.54, 1.807) is 19.1 Å². The molecule has 1 saturated carbocycles. The molecule has 0 spiro atoms. The van der Waals surface area contributed by atoms with E-state index in [4.69, 9.17) is 9.26 Å². The van der Waals surface area contributed by atoms with E-state index in [0.717, 1.165) is 18.4 Å². The van der Waals surface area contributed by atoms with Crippen LogP contribution in [0.1, 0.15) is 53.9 Å². The van der Waals surface area contributed by atoms with Crippen LogP contribution in [-0.2, 0) is 9.53 Å². The number of carboxylic acids is 1. The molecule has 0 aliphatic heterocycles. The molecule has 1 aliphatic carbocycles. The van der Waals surface area contributed by atoms with Gasteiger partial charge in [0.15, 0.2) is 5.76 Å². The SMILES string of the molecule is CC(OC(=O)Nc1c(C#N)noc1-c1ccc(C(=O)NC(CC2CC2)C(=O)O)cc1)c1ccccc1. The van der Waals surface area contributed by atoms with Crippen LogP contribution >= 0.6 is 0 Å². The molecular weight excluding hydrogens is 464 g/mol. The molecule has 1 fully saturated rings. The lowest BCUT2D eigenvalue weighted by molar-refractivity contribution is -0.139. The Hall–Kier alpha value is -4.65. The fourth-order valence-electron chi connectivity index (χ4n) is 3.69. The Kier molecular flexibility index (Phi) is 7.30. The summed E-state index contributed by atoms with van der Waals surface area (Å²) in [5.74, 6) is -1.13. The molecule has 3 N–H and O–H groups in total. The first-order chi connectivity index (χ1) is 17.4. The largest absolute Gasteiger partial charge is 0.480 e. The van der Waals surface area contributed by atoms with Gasteiger partial charge < -0.3 is 19.7 Å². The van der Waals surface area contributed by atoms with Crippen molar-refractivity contribution in [1.82, 2.24) is 10.5 Å². The van der Waals surface area contributed by atoms with Gasteiger partial charge in [-0.2, -0.15) is 5.26 Å². The molecule has 3 aromatic rings. The second-order valence-corrected chi connectivity index (χ2v) is 8.55. The molecule has 0 radical (unpaired) electrons. The van der Waals surface area contributed by atoms with E-state index in [-0.39, 0.29) is 22.7 Å². The van der Waals surface area contributed by atoms with Crippen LogP contribution in [0.5, 0.6) is 0 Å². The highest BCUT2D eigenvalue weighted by Gasteiger charge is 2.30. The van der Waals surface area contributed by atoms with Crippen molar-refractivity contribution in [1.29, 1.82) is 5.26 Å². The number of amides is 2. The number of nitriles is 1. The Labute approximate surface area is 206 Å². The van der Waals surface area contributed by atoms with E-state index in [1.165, 1.54) is 12.1 Å². The highest BCUT2D eigenvalue weighted by molar-refractivity contribution is 5.97. The zero-order chi connectivity index (χ0) is 25.7. The average molecular weight is 489 g/mol. The number of carbonyl (C=O) groups is 3. The van der Waals surface area contributed by atoms with Crippen molar-refractivity contribution in [3.8, 4) is 17.4 Å². The summed E-state index contributed by atoms with van der Waals surface area (Å²) in [5.41, 5.74) is 1.40. The third-order valence-electron chi connectivity index (χ3n) is 5.86. The van der Waals surface area contributed by atoms with Crippen molar-refractivity contribution in [3.05, 3.63) is 71.4 Å². The van der Waals surface area contributed by atoms with Crippen molar-refractivity contribution in [3.63, 3.8) is 0 Å². The number of aromatic nitrogens is 1. The van der Waals surface area contributed by atoms with E-state index >= 15 is 0 Å². The van der Waals surface area contributed by atoms with Crippen molar-refractivity contribution in [2.45, 2.75) is 38.3 Å². The number of ether oxygens (including phenoxy) is 1. The van der Waals surface area contributed by atoms with E-state index in [1.807, 2.05) is 36.4 Å². The molecule has 4 rings (SSSR count). The molecule has 0 saturated heterocycles.